The summed E-state index contributed by atoms with van der Waals surface area (Å²) in [5.41, 5.74) is 1.44. The van der Waals surface area contributed by atoms with Crippen molar-refractivity contribution in [3.05, 3.63) is 28.2 Å². The first-order chi connectivity index (χ1) is 7.69. The van der Waals surface area contributed by atoms with Gasteiger partial charge in [-0.25, -0.2) is 0 Å². The number of benzene rings is 1. The Kier molecular flexibility index (Phi) is 3.77. The molecule has 1 saturated carbocycles. The highest BCUT2D eigenvalue weighted by Gasteiger charge is 2.40. The summed E-state index contributed by atoms with van der Waals surface area (Å²) in [7, 11) is 1.67. The van der Waals surface area contributed by atoms with Crippen molar-refractivity contribution in [3.63, 3.8) is 0 Å². The summed E-state index contributed by atoms with van der Waals surface area (Å²) >= 11 is 9.39. The Balaban J connectivity index is 1.97. The Hall–Kier alpha value is -0.250. The number of methoxy groups -OCH3 is 1. The van der Waals surface area contributed by atoms with Crippen LogP contribution in [0.15, 0.2) is 22.7 Å². The maximum Gasteiger partial charge on any atom is 0.133 e. The molecule has 0 spiro atoms. The molecule has 1 aliphatic carbocycles. The summed E-state index contributed by atoms with van der Waals surface area (Å²) < 4.78 is 6.18. The van der Waals surface area contributed by atoms with Gasteiger partial charge in [0.1, 0.15) is 5.75 Å². The molecule has 0 radical (unpaired) electrons. The Morgan fingerprint density at radius 2 is 2.25 bits per heavy atom. The van der Waals surface area contributed by atoms with Crippen LogP contribution in [0.25, 0.3) is 0 Å². The SMILES string of the molecule is COc1ccc(CNC2(CCl)CC2)cc1Br. The average molecular weight is 305 g/mol. The molecule has 16 heavy (non-hydrogen) atoms. The molecule has 1 fully saturated rings. The molecule has 0 aliphatic heterocycles. The zero-order valence-electron chi connectivity index (χ0n) is 9.22. The molecule has 2 rings (SSSR count). The van der Waals surface area contributed by atoms with E-state index in [4.69, 9.17) is 16.3 Å². The van der Waals surface area contributed by atoms with E-state index in [1.54, 1.807) is 7.11 Å². The molecule has 0 atom stereocenters. The van der Waals surface area contributed by atoms with Crippen molar-refractivity contribution in [2.45, 2.75) is 24.9 Å². The van der Waals surface area contributed by atoms with E-state index >= 15 is 0 Å². The Bertz CT molecular complexity index is 379. The minimum atomic E-state index is 0.202. The molecule has 88 valence electrons. The third-order valence-corrected chi connectivity index (χ3v) is 4.12. The zero-order valence-corrected chi connectivity index (χ0v) is 11.6. The van der Waals surface area contributed by atoms with Gasteiger partial charge < -0.3 is 10.1 Å². The molecule has 0 aromatic heterocycles. The third kappa shape index (κ3) is 2.70. The smallest absolute Gasteiger partial charge is 0.133 e. The first kappa shape index (κ1) is 12.2. The van der Waals surface area contributed by atoms with Crippen molar-refractivity contribution < 1.29 is 4.74 Å². The van der Waals surface area contributed by atoms with Crippen LogP contribution in [-0.2, 0) is 6.54 Å². The summed E-state index contributed by atoms with van der Waals surface area (Å²) in [5.74, 6) is 1.56. The lowest BCUT2D eigenvalue weighted by Gasteiger charge is -2.14. The van der Waals surface area contributed by atoms with Crippen molar-refractivity contribution in [1.29, 1.82) is 0 Å². The lowest BCUT2D eigenvalue weighted by Crippen LogP contribution is -2.32. The summed E-state index contributed by atoms with van der Waals surface area (Å²) in [4.78, 5) is 0. The molecule has 1 N–H and O–H groups in total. The summed E-state index contributed by atoms with van der Waals surface area (Å²) in [6.07, 6.45) is 2.38. The van der Waals surface area contributed by atoms with E-state index in [1.807, 2.05) is 6.07 Å². The normalized spacial score (nSPS) is 17.2. The maximum absolute atomic E-state index is 5.91. The van der Waals surface area contributed by atoms with E-state index in [0.29, 0.717) is 5.88 Å². The highest BCUT2D eigenvalue weighted by Crippen LogP contribution is 2.36. The topological polar surface area (TPSA) is 21.3 Å². The van der Waals surface area contributed by atoms with Crippen molar-refractivity contribution in [2.24, 2.45) is 0 Å². The number of halogens is 2. The fourth-order valence-corrected chi connectivity index (χ4v) is 2.57. The van der Waals surface area contributed by atoms with Gasteiger partial charge in [0.15, 0.2) is 0 Å². The van der Waals surface area contributed by atoms with E-state index in [1.165, 1.54) is 18.4 Å². The number of ether oxygens (including phenoxy) is 1. The lowest BCUT2D eigenvalue weighted by atomic mass is 10.2. The predicted octanol–water partition coefficient (Wildman–Crippen LogP) is 3.32. The number of rotatable bonds is 5. The van der Waals surface area contributed by atoms with Crippen LogP contribution in [-0.4, -0.2) is 18.5 Å². The van der Waals surface area contributed by atoms with Gasteiger partial charge in [-0.2, -0.15) is 0 Å². The Labute approximate surface area is 109 Å². The van der Waals surface area contributed by atoms with Gasteiger partial charge in [0.25, 0.3) is 0 Å². The molecule has 0 amide bonds. The van der Waals surface area contributed by atoms with Gasteiger partial charge in [-0.15, -0.1) is 11.6 Å². The van der Waals surface area contributed by atoms with Crippen LogP contribution in [0, 0.1) is 0 Å². The van der Waals surface area contributed by atoms with Crippen molar-refractivity contribution in [2.75, 3.05) is 13.0 Å². The quantitative estimate of drug-likeness (QED) is 0.843. The van der Waals surface area contributed by atoms with Crippen LogP contribution >= 0.6 is 27.5 Å². The van der Waals surface area contributed by atoms with E-state index in [-0.39, 0.29) is 5.54 Å². The monoisotopic (exact) mass is 303 g/mol. The highest BCUT2D eigenvalue weighted by molar-refractivity contribution is 9.10. The van der Waals surface area contributed by atoms with E-state index < -0.39 is 0 Å². The van der Waals surface area contributed by atoms with Gasteiger partial charge in [0.05, 0.1) is 11.6 Å². The van der Waals surface area contributed by atoms with Crippen molar-refractivity contribution >= 4 is 27.5 Å². The Morgan fingerprint density at radius 3 is 2.75 bits per heavy atom. The second kappa shape index (κ2) is 4.94. The number of nitrogens with one attached hydrogen (secondary N) is 1. The minimum Gasteiger partial charge on any atom is -0.496 e. The number of hydrogen-bond acceptors (Lipinski definition) is 2. The predicted molar refractivity (Wildman–Crippen MR) is 70.2 cm³/mol. The number of hydrogen-bond donors (Lipinski definition) is 1. The van der Waals surface area contributed by atoms with Gasteiger partial charge >= 0.3 is 0 Å². The molecule has 0 saturated heterocycles. The van der Waals surface area contributed by atoms with Gasteiger partial charge in [-0.3, -0.25) is 0 Å². The molecular weight excluding hydrogens is 289 g/mol. The standard InChI is InChI=1S/C12H15BrClNO/c1-16-11-3-2-9(6-10(11)13)7-15-12(8-14)4-5-12/h2-3,6,15H,4-5,7-8H2,1H3. The van der Waals surface area contributed by atoms with Crippen LogP contribution in [0.1, 0.15) is 18.4 Å². The molecule has 1 aliphatic rings. The van der Waals surface area contributed by atoms with Gasteiger partial charge in [0.2, 0.25) is 0 Å². The van der Waals surface area contributed by atoms with E-state index in [2.05, 4.69) is 33.4 Å². The summed E-state index contributed by atoms with van der Waals surface area (Å²) in [6.45, 7) is 0.856. The lowest BCUT2D eigenvalue weighted by molar-refractivity contribution is 0.412. The molecule has 1 aromatic rings. The molecule has 0 heterocycles. The molecule has 0 bridgehead atoms. The Morgan fingerprint density at radius 1 is 1.50 bits per heavy atom. The second-order valence-corrected chi connectivity index (χ2v) is 5.36. The fraction of sp³-hybridized carbons (Fsp3) is 0.500. The van der Waals surface area contributed by atoms with Crippen molar-refractivity contribution in [1.82, 2.24) is 5.32 Å². The minimum absolute atomic E-state index is 0.202. The first-order valence-corrected chi connectivity index (χ1v) is 6.65. The van der Waals surface area contributed by atoms with Gasteiger partial charge in [-0.1, -0.05) is 6.07 Å². The first-order valence-electron chi connectivity index (χ1n) is 5.32. The molecule has 1 aromatic carbocycles. The average Bonchev–Trinajstić information content (AvgIpc) is 3.07. The van der Waals surface area contributed by atoms with E-state index in [0.717, 1.165) is 16.8 Å². The fourth-order valence-electron chi connectivity index (χ4n) is 1.62. The van der Waals surface area contributed by atoms with Crippen LogP contribution in [0.2, 0.25) is 0 Å². The van der Waals surface area contributed by atoms with E-state index in [9.17, 15) is 0 Å². The van der Waals surface area contributed by atoms with Gasteiger partial charge in [-0.05, 0) is 46.5 Å². The highest BCUT2D eigenvalue weighted by atomic mass is 79.9. The van der Waals surface area contributed by atoms with Crippen LogP contribution in [0.4, 0.5) is 0 Å². The van der Waals surface area contributed by atoms with Crippen LogP contribution in [0.3, 0.4) is 0 Å². The van der Waals surface area contributed by atoms with Crippen LogP contribution < -0.4 is 10.1 Å². The van der Waals surface area contributed by atoms with Crippen LogP contribution in [0.5, 0.6) is 5.75 Å². The van der Waals surface area contributed by atoms with Crippen molar-refractivity contribution in [3.8, 4) is 5.75 Å². The molecular formula is C12H15BrClNO. The maximum atomic E-state index is 5.91. The molecule has 2 nitrogen and oxygen atoms in total. The second-order valence-electron chi connectivity index (χ2n) is 4.24. The molecule has 0 unspecified atom stereocenters. The van der Waals surface area contributed by atoms with Gasteiger partial charge in [0, 0.05) is 18.0 Å². The third-order valence-electron chi connectivity index (χ3n) is 2.99. The molecule has 4 heteroatoms. The summed E-state index contributed by atoms with van der Waals surface area (Å²) in [6, 6.07) is 6.12. The summed E-state index contributed by atoms with van der Waals surface area (Å²) in [5, 5.41) is 3.51. The largest absolute Gasteiger partial charge is 0.496 e. The number of alkyl halides is 1. The zero-order chi connectivity index (χ0) is 11.6.